The first kappa shape index (κ1) is 20.3. The molecule has 0 aromatic carbocycles. The van der Waals surface area contributed by atoms with Crippen LogP contribution in [0.5, 0.6) is 0 Å². The molecule has 2 N–H and O–H groups in total. The van der Waals surface area contributed by atoms with Gasteiger partial charge in [-0.15, -0.1) is 0 Å². The standard InChI is InChI=1S/C20H20ClN5O4/c1-20(2)28-11-14(30-20)9-24-18(27)16-6-4-13(8-23-16)26-19-25-10-17(29-19)15-5-3-12(21)7-22-15/h3-8,10,14H,9,11H2,1-2H3,(H,24,27)(H,25,26)/t14-/m1/s1. The fourth-order valence-electron chi connectivity index (χ4n) is 2.86. The Kier molecular flexibility index (Phi) is 5.67. The van der Waals surface area contributed by atoms with Crippen molar-refractivity contribution in [2.24, 2.45) is 0 Å². The molecule has 3 aromatic heterocycles. The van der Waals surface area contributed by atoms with Crippen molar-refractivity contribution in [3.63, 3.8) is 0 Å². The predicted octanol–water partition coefficient (Wildman–Crippen LogP) is 3.41. The minimum absolute atomic E-state index is 0.181. The summed E-state index contributed by atoms with van der Waals surface area (Å²) in [5, 5.41) is 6.34. The largest absolute Gasteiger partial charge is 0.422 e. The van der Waals surface area contributed by atoms with E-state index in [-0.39, 0.29) is 23.7 Å². The van der Waals surface area contributed by atoms with Gasteiger partial charge < -0.3 is 24.5 Å². The molecular weight excluding hydrogens is 410 g/mol. The van der Waals surface area contributed by atoms with Crippen LogP contribution in [0.3, 0.4) is 0 Å². The van der Waals surface area contributed by atoms with Crippen molar-refractivity contribution in [1.29, 1.82) is 0 Å². The highest BCUT2D eigenvalue weighted by Gasteiger charge is 2.32. The molecule has 4 heterocycles. The van der Waals surface area contributed by atoms with Gasteiger partial charge >= 0.3 is 0 Å². The van der Waals surface area contributed by atoms with Crippen LogP contribution in [0, 0.1) is 0 Å². The fourth-order valence-corrected chi connectivity index (χ4v) is 2.97. The molecule has 0 radical (unpaired) electrons. The number of nitrogens with zero attached hydrogens (tertiary/aromatic N) is 3. The predicted molar refractivity (Wildman–Crippen MR) is 110 cm³/mol. The van der Waals surface area contributed by atoms with Gasteiger partial charge in [-0.3, -0.25) is 9.78 Å². The van der Waals surface area contributed by atoms with Gasteiger partial charge in [-0.05, 0) is 38.1 Å². The molecule has 1 amide bonds. The van der Waals surface area contributed by atoms with E-state index in [2.05, 4.69) is 25.6 Å². The monoisotopic (exact) mass is 429 g/mol. The van der Waals surface area contributed by atoms with Crippen LogP contribution in [0.1, 0.15) is 24.3 Å². The van der Waals surface area contributed by atoms with Gasteiger partial charge in [-0.25, -0.2) is 9.97 Å². The van der Waals surface area contributed by atoms with Gasteiger partial charge in [0.1, 0.15) is 17.5 Å². The number of carbonyl (C=O) groups is 1. The maximum atomic E-state index is 12.3. The van der Waals surface area contributed by atoms with Crippen LogP contribution in [0.4, 0.5) is 11.7 Å². The topological polar surface area (TPSA) is 111 Å². The van der Waals surface area contributed by atoms with E-state index < -0.39 is 5.79 Å². The third-order valence-corrected chi connectivity index (χ3v) is 4.51. The summed E-state index contributed by atoms with van der Waals surface area (Å²) < 4.78 is 16.8. The first-order chi connectivity index (χ1) is 14.4. The van der Waals surface area contributed by atoms with Gasteiger partial charge in [-0.2, -0.15) is 0 Å². The number of rotatable bonds is 6. The molecule has 1 saturated heterocycles. The highest BCUT2D eigenvalue weighted by atomic mass is 35.5. The molecule has 1 atom stereocenters. The summed E-state index contributed by atoms with van der Waals surface area (Å²) >= 11 is 5.84. The number of amides is 1. The number of hydrogen-bond acceptors (Lipinski definition) is 8. The van der Waals surface area contributed by atoms with Crippen LogP contribution in [0.15, 0.2) is 47.3 Å². The molecule has 0 bridgehead atoms. The molecule has 4 rings (SSSR count). The van der Waals surface area contributed by atoms with Crippen molar-refractivity contribution >= 4 is 29.2 Å². The number of anilines is 2. The van der Waals surface area contributed by atoms with Crippen LogP contribution in [0.2, 0.25) is 5.02 Å². The average molecular weight is 430 g/mol. The molecule has 1 fully saturated rings. The zero-order valence-corrected chi connectivity index (χ0v) is 17.1. The maximum absolute atomic E-state index is 12.3. The van der Waals surface area contributed by atoms with E-state index in [0.717, 1.165) is 0 Å². The highest BCUT2D eigenvalue weighted by molar-refractivity contribution is 6.30. The molecule has 0 aliphatic carbocycles. The van der Waals surface area contributed by atoms with Crippen molar-refractivity contribution in [2.45, 2.75) is 25.7 Å². The van der Waals surface area contributed by atoms with Gasteiger partial charge in [0.15, 0.2) is 11.5 Å². The summed E-state index contributed by atoms with van der Waals surface area (Å²) in [5.74, 6) is -0.411. The second kappa shape index (κ2) is 8.39. The van der Waals surface area contributed by atoms with Gasteiger partial charge in [0.2, 0.25) is 0 Å². The number of pyridine rings is 2. The minimum Gasteiger partial charge on any atom is -0.422 e. The lowest BCUT2D eigenvalue weighted by molar-refractivity contribution is -0.137. The summed E-state index contributed by atoms with van der Waals surface area (Å²) in [6, 6.07) is 7.07. The van der Waals surface area contributed by atoms with Crippen LogP contribution in [0.25, 0.3) is 11.5 Å². The molecule has 9 nitrogen and oxygen atoms in total. The highest BCUT2D eigenvalue weighted by Crippen LogP contribution is 2.24. The van der Waals surface area contributed by atoms with E-state index >= 15 is 0 Å². The Balaban J connectivity index is 1.32. The van der Waals surface area contributed by atoms with Crippen LogP contribution in [-0.2, 0) is 9.47 Å². The van der Waals surface area contributed by atoms with Gasteiger partial charge in [0.25, 0.3) is 11.9 Å². The normalized spacial score (nSPS) is 17.6. The molecular formula is C20H20ClN5O4. The Labute approximate surface area is 177 Å². The lowest BCUT2D eigenvalue weighted by atomic mass is 10.3. The van der Waals surface area contributed by atoms with E-state index in [1.807, 2.05) is 13.8 Å². The molecule has 156 valence electrons. The van der Waals surface area contributed by atoms with Crippen molar-refractivity contribution in [2.75, 3.05) is 18.5 Å². The molecule has 0 unspecified atom stereocenters. The zero-order chi connectivity index (χ0) is 21.1. The number of halogens is 1. The Morgan fingerprint density at radius 1 is 1.17 bits per heavy atom. The molecule has 0 spiro atoms. The Bertz CT molecular complexity index is 1020. The summed E-state index contributed by atoms with van der Waals surface area (Å²) in [5.41, 5.74) is 1.53. The van der Waals surface area contributed by atoms with Gasteiger partial charge in [0, 0.05) is 12.7 Å². The number of nitrogens with one attached hydrogen (secondary N) is 2. The van der Waals surface area contributed by atoms with Crippen LogP contribution >= 0.6 is 11.6 Å². The summed E-state index contributed by atoms with van der Waals surface area (Å²) in [6.45, 7) is 4.46. The van der Waals surface area contributed by atoms with Crippen molar-refractivity contribution in [1.82, 2.24) is 20.3 Å². The van der Waals surface area contributed by atoms with Crippen LogP contribution < -0.4 is 10.6 Å². The van der Waals surface area contributed by atoms with E-state index in [0.29, 0.717) is 35.3 Å². The maximum Gasteiger partial charge on any atom is 0.299 e. The molecule has 0 saturated carbocycles. The van der Waals surface area contributed by atoms with E-state index in [1.165, 1.54) is 12.4 Å². The van der Waals surface area contributed by atoms with E-state index in [1.54, 1.807) is 30.5 Å². The second-order valence-corrected chi connectivity index (χ2v) is 7.55. The minimum atomic E-state index is -0.621. The number of aromatic nitrogens is 3. The van der Waals surface area contributed by atoms with E-state index in [9.17, 15) is 4.79 Å². The van der Waals surface area contributed by atoms with Gasteiger partial charge in [-0.1, -0.05) is 11.6 Å². The Hall–Kier alpha value is -3.01. The number of ether oxygens (including phenoxy) is 2. The number of carbonyl (C=O) groups excluding carboxylic acids is 1. The lowest BCUT2D eigenvalue weighted by Gasteiger charge is -2.17. The fraction of sp³-hybridized carbons (Fsp3) is 0.300. The molecule has 1 aliphatic heterocycles. The Morgan fingerprint density at radius 3 is 2.70 bits per heavy atom. The van der Waals surface area contributed by atoms with Crippen molar-refractivity contribution < 1.29 is 18.7 Å². The summed E-state index contributed by atoms with van der Waals surface area (Å²) in [7, 11) is 0. The molecule has 3 aromatic rings. The SMILES string of the molecule is CC1(C)OC[C@@H](CNC(=O)c2ccc(Nc3ncc(-c4ccc(Cl)cn4)o3)cn2)O1. The second-order valence-electron chi connectivity index (χ2n) is 7.11. The lowest BCUT2D eigenvalue weighted by Crippen LogP contribution is -2.34. The quantitative estimate of drug-likeness (QED) is 0.613. The smallest absolute Gasteiger partial charge is 0.299 e. The third-order valence-electron chi connectivity index (χ3n) is 4.29. The number of oxazole rings is 1. The summed E-state index contributed by atoms with van der Waals surface area (Å²) in [6.07, 6.45) is 4.44. The average Bonchev–Trinajstić information content (AvgIpc) is 3.33. The first-order valence-corrected chi connectivity index (χ1v) is 9.66. The summed E-state index contributed by atoms with van der Waals surface area (Å²) in [4.78, 5) is 24.8. The van der Waals surface area contributed by atoms with Crippen LogP contribution in [-0.4, -0.2) is 45.9 Å². The van der Waals surface area contributed by atoms with Gasteiger partial charge in [0.05, 0.1) is 29.7 Å². The van der Waals surface area contributed by atoms with Crippen molar-refractivity contribution in [3.05, 3.63) is 53.6 Å². The first-order valence-electron chi connectivity index (χ1n) is 9.29. The van der Waals surface area contributed by atoms with Crippen molar-refractivity contribution in [3.8, 4) is 11.5 Å². The van der Waals surface area contributed by atoms with E-state index in [4.69, 9.17) is 25.5 Å². The number of hydrogen-bond donors (Lipinski definition) is 2. The molecule has 30 heavy (non-hydrogen) atoms. The third kappa shape index (κ3) is 4.93. The molecule has 10 heteroatoms. The Morgan fingerprint density at radius 2 is 2.03 bits per heavy atom. The molecule has 1 aliphatic rings. The zero-order valence-electron chi connectivity index (χ0n) is 16.4.